The molecule has 2 rings (SSSR count). The fourth-order valence-electron chi connectivity index (χ4n) is 2.47. The van der Waals surface area contributed by atoms with E-state index in [9.17, 15) is 9.59 Å². The molecular weight excluding hydrogens is 278 g/mol. The van der Waals surface area contributed by atoms with Crippen molar-refractivity contribution in [3.63, 3.8) is 0 Å². The SMILES string of the molecule is O=C(/C=C/C(=O)N1CCCCCCC1)NCc1cccnc1. The number of rotatable bonds is 4. The Kier molecular flexibility index (Phi) is 6.61. The highest BCUT2D eigenvalue weighted by molar-refractivity contribution is 5.96. The van der Waals surface area contributed by atoms with Crippen LogP contribution in [0.4, 0.5) is 0 Å². The third-order valence-corrected chi connectivity index (χ3v) is 3.73. The van der Waals surface area contributed by atoms with Crippen LogP contribution in [0.2, 0.25) is 0 Å². The Balaban J connectivity index is 1.77. The molecule has 2 amide bonds. The lowest BCUT2D eigenvalue weighted by atomic mass is 10.1. The number of carbonyl (C=O) groups excluding carboxylic acids is 2. The first kappa shape index (κ1) is 16.2. The molecule has 1 aliphatic rings. The number of carbonyl (C=O) groups is 2. The molecule has 0 saturated carbocycles. The van der Waals surface area contributed by atoms with Crippen LogP contribution >= 0.6 is 0 Å². The van der Waals surface area contributed by atoms with Crippen molar-refractivity contribution in [2.75, 3.05) is 13.1 Å². The van der Waals surface area contributed by atoms with E-state index in [1.807, 2.05) is 17.0 Å². The number of aromatic nitrogens is 1. The van der Waals surface area contributed by atoms with Crippen LogP contribution in [-0.4, -0.2) is 34.8 Å². The van der Waals surface area contributed by atoms with Gasteiger partial charge in [0.15, 0.2) is 0 Å². The van der Waals surface area contributed by atoms with Crippen LogP contribution in [0, 0.1) is 0 Å². The predicted octanol–water partition coefficient (Wildman–Crippen LogP) is 2.05. The van der Waals surface area contributed by atoms with Crippen LogP contribution in [0.5, 0.6) is 0 Å². The number of hydrogen-bond acceptors (Lipinski definition) is 3. The molecule has 2 heterocycles. The summed E-state index contributed by atoms with van der Waals surface area (Å²) in [7, 11) is 0. The molecule has 0 aromatic carbocycles. The van der Waals surface area contributed by atoms with Gasteiger partial charge in [0.2, 0.25) is 11.8 Å². The third kappa shape index (κ3) is 5.68. The Morgan fingerprint density at radius 1 is 1.14 bits per heavy atom. The summed E-state index contributed by atoms with van der Waals surface area (Å²) >= 11 is 0. The van der Waals surface area contributed by atoms with E-state index < -0.39 is 0 Å². The fraction of sp³-hybridized carbons (Fsp3) is 0.471. The van der Waals surface area contributed by atoms with Crippen LogP contribution in [0.15, 0.2) is 36.7 Å². The summed E-state index contributed by atoms with van der Waals surface area (Å²) in [6, 6.07) is 3.71. The zero-order chi connectivity index (χ0) is 15.6. The molecule has 1 saturated heterocycles. The minimum absolute atomic E-state index is 0.0709. The van der Waals surface area contributed by atoms with Crippen molar-refractivity contribution in [2.45, 2.75) is 38.6 Å². The molecule has 1 aliphatic heterocycles. The van der Waals surface area contributed by atoms with Crippen LogP contribution in [0.1, 0.15) is 37.7 Å². The van der Waals surface area contributed by atoms with Crippen molar-refractivity contribution in [3.8, 4) is 0 Å². The minimum atomic E-state index is -0.260. The number of amides is 2. The summed E-state index contributed by atoms with van der Waals surface area (Å²) in [6.45, 7) is 2.00. The largest absolute Gasteiger partial charge is 0.348 e. The van der Waals surface area contributed by atoms with Crippen molar-refractivity contribution >= 4 is 11.8 Å². The van der Waals surface area contributed by atoms with Crippen molar-refractivity contribution in [2.24, 2.45) is 0 Å². The summed E-state index contributed by atoms with van der Waals surface area (Å²) in [5.74, 6) is -0.331. The maximum absolute atomic E-state index is 12.1. The van der Waals surface area contributed by atoms with Gasteiger partial charge in [0.1, 0.15) is 0 Å². The molecule has 0 radical (unpaired) electrons. The Labute approximate surface area is 131 Å². The van der Waals surface area contributed by atoms with Gasteiger partial charge >= 0.3 is 0 Å². The molecule has 118 valence electrons. The molecule has 0 unspecified atom stereocenters. The van der Waals surface area contributed by atoms with E-state index in [0.717, 1.165) is 31.5 Å². The summed E-state index contributed by atoms with van der Waals surface area (Å²) < 4.78 is 0. The summed E-state index contributed by atoms with van der Waals surface area (Å²) in [4.78, 5) is 29.7. The number of likely N-dealkylation sites (tertiary alicyclic amines) is 1. The monoisotopic (exact) mass is 301 g/mol. The average Bonchev–Trinajstić information content (AvgIpc) is 2.51. The number of nitrogens with one attached hydrogen (secondary N) is 1. The van der Waals surface area contributed by atoms with Crippen LogP contribution in [0.3, 0.4) is 0 Å². The van der Waals surface area contributed by atoms with Gasteiger partial charge in [-0.15, -0.1) is 0 Å². The first-order chi connectivity index (χ1) is 10.8. The maximum Gasteiger partial charge on any atom is 0.246 e. The second-order valence-corrected chi connectivity index (χ2v) is 5.51. The standard InChI is InChI=1S/C17H23N3O2/c21-16(19-14-15-7-6-10-18-13-15)8-9-17(22)20-11-4-2-1-3-5-12-20/h6-10,13H,1-5,11-12,14H2,(H,19,21)/b9-8+. The van der Waals surface area contributed by atoms with Gasteiger partial charge in [0, 0.05) is 44.2 Å². The topological polar surface area (TPSA) is 62.3 Å². The first-order valence-electron chi connectivity index (χ1n) is 7.89. The number of pyridine rings is 1. The summed E-state index contributed by atoms with van der Waals surface area (Å²) in [5, 5.41) is 2.74. The Bertz CT molecular complexity index is 506. The van der Waals surface area contributed by atoms with E-state index in [1.54, 1.807) is 12.4 Å². The van der Waals surface area contributed by atoms with Gasteiger partial charge in [0.05, 0.1) is 0 Å². The average molecular weight is 301 g/mol. The van der Waals surface area contributed by atoms with Crippen LogP contribution in [0.25, 0.3) is 0 Å². The van der Waals surface area contributed by atoms with Gasteiger partial charge in [-0.3, -0.25) is 14.6 Å². The molecule has 1 aromatic heterocycles. The molecule has 5 nitrogen and oxygen atoms in total. The highest BCUT2D eigenvalue weighted by Crippen LogP contribution is 2.10. The van der Waals surface area contributed by atoms with Crippen molar-refractivity contribution in [1.82, 2.24) is 15.2 Å². The van der Waals surface area contributed by atoms with E-state index in [4.69, 9.17) is 0 Å². The molecule has 0 atom stereocenters. The quantitative estimate of drug-likeness (QED) is 0.866. The third-order valence-electron chi connectivity index (χ3n) is 3.73. The lowest BCUT2D eigenvalue weighted by Crippen LogP contribution is -2.32. The number of hydrogen-bond donors (Lipinski definition) is 1. The zero-order valence-corrected chi connectivity index (χ0v) is 12.8. The second kappa shape index (κ2) is 8.97. The lowest BCUT2D eigenvalue weighted by molar-refractivity contribution is -0.126. The Hall–Kier alpha value is -2.17. The first-order valence-corrected chi connectivity index (χ1v) is 7.89. The highest BCUT2D eigenvalue weighted by atomic mass is 16.2. The molecule has 0 aliphatic carbocycles. The van der Waals surface area contributed by atoms with Gasteiger partial charge in [-0.05, 0) is 24.5 Å². The maximum atomic E-state index is 12.1. The Morgan fingerprint density at radius 2 is 1.86 bits per heavy atom. The molecular formula is C17H23N3O2. The van der Waals surface area contributed by atoms with Crippen molar-refractivity contribution in [1.29, 1.82) is 0 Å². The van der Waals surface area contributed by atoms with E-state index in [0.29, 0.717) is 6.54 Å². The van der Waals surface area contributed by atoms with E-state index >= 15 is 0 Å². The molecule has 1 fully saturated rings. The predicted molar refractivity (Wildman–Crippen MR) is 84.9 cm³/mol. The fourth-order valence-corrected chi connectivity index (χ4v) is 2.47. The van der Waals surface area contributed by atoms with Crippen LogP contribution < -0.4 is 5.32 Å². The van der Waals surface area contributed by atoms with Gasteiger partial charge in [-0.2, -0.15) is 0 Å². The normalized spacial score (nSPS) is 16.1. The highest BCUT2D eigenvalue weighted by Gasteiger charge is 2.12. The molecule has 5 heteroatoms. The summed E-state index contributed by atoms with van der Waals surface area (Å²) in [5.41, 5.74) is 0.930. The number of nitrogens with zero attached hydrogens (tertiary/aromatic N) is 2. The van der Waals surface area contributed by atoms with E-state index in [2.05, 4.69) is 10.3 Å². The molecule has 0 bridgehead atoms. The van der Waals surface area contributed by atoms with Crippen LogP contribution in [-0.2, 0) is 16.1 Å². The minimum Gasteiger partial charge on any atom is -0.348 e. The van der Waals surface area contributed by atoms with Gasteiger partial charge in [-0.1, -0.05) is 25.3 Å². The lowest BCUT2D eigenvalue weighted by Gasteiger charge is -2.23. The second-order valence-electron chi connectivity index (χ2n) is 5.51. The molecule has 22 heavy (non-hydrogen) atoms. The van der Waals surface area contributed by atoms with E-state index in [1.165, 1.54) is 31.4 Å². The van der Waals surface area contributed by atoms with Crippen molar-refractivity contribution in [3.05, 3.63) is 42.2 Å². The molecule has 1 aromatic rings. The summed E-state index contributed by atoms with van der Waals surface area (Å²) in [6.07, 6.45) is 11.8. The zero-order valence-electron chi connectivity index (χ0n) is 12.8. The Morgan fingerprint density at radius 3 is 2.55 bits per heavy atom. The van der Waals surface area contributed by atoms with Gasteiger partial charge in [0.25, 0.3) is 0 Å². The molecule has 0 spiro atoms. The van der Waals surface area contributed by atoms with Crippen molar-refractivity contribution < 1.29 is 9.59 Å². The van der Waals surface area contributed by atoms with Gasteiger partial charge < -0.3 is 10.2 Å². The van der Waals surface area contributed by atoms with E-state index in [-0.39, 0.29) is 11.8 Å². The van der Waals surface area contributed by atoms with Gasteiger partial charge in [-0.25, -0.2) is 0 Å². The smallest absolute Gasteiger partial charge is 0.246 e. The molecule has 1 N–H and O–H groups in total.